The minimum absolute atomic E-state index is 0.0669. The second-order valence-corrected chi connectivity index (χ2v) is 8.23. The third-order valence-electron chi connectivity index (χ3n) is 5.18. The maximum Gasteiger partial charge on any atom is 0.230 e. The maximum absolute atomic E-state index is 13.2. The van der Waals surface area contributed by atoms with Crippen molar-refractivity contribution in [2.45, 2.75) is 49.8 Å². The summed E-state index contributed by atoms with van der Waals surface area (Å²) in [6.45, 7) is 0.591. The Morgan fingerprint density at radius 2 is 1.86 bits per heavy atom. The first-order chi connectivity index (χ1) is 13.7. The summed E-state index contributed by atoms with van der Waals surface area (Å²) in [4.78, 5) is 17.1. The highest BCUT2D eigenvalue weighted by Crippen LogP contribution is 2.25. The van der Waals surface area contributed by atoms with Crippen molar-refractivity contribution in [3.05, 3.63) is 59.9 Å². The number of fused-ring (bicyclic) bond motifs is 1. The van der Waals surface area contributed by atoms with Gasteiger partial charge in [0.2, 0.25) is 5.91 Å². The second-order valence-electron chi connectivity index (χ2n) is 7.29. The van der Waals surface area contributed by atoms with Crippen molar-refractivity contribution in [3.63, 3.8) is 0 Å². The van der Waals surface area contributed by atoms with Crippen molar-refractivity contribution in [1.82, 2.24) is 14.9 Å². The third-order valence-corrected chi connectivity index (χ3v) is 6.15. The lowest BCUT2D eigenvalue weighted by Gasteiger charge is -2.22. The van der Waals surface area contributed by atoms with E-state index in [1.807, 2.05) is 24.3 Å². The molecule has 146 valence electrons. The Balaban J connectivity index is 1.49. The van der Waals surface area contributed by atoms with E-state index in [9.17, 15) is 9.18 Å². The number of carbonyl (C=O) groups is 1. The van der Waals surface area contributed by atoms with Crippen LogP contribution in [0, 0.1) is 5.82 Å². The predicted octanol–water partition coefficient (Wildman–Crippen LogP) is 4.76. The summed E-state index contributed by atoms with van der Waals surface area (Å²) in [5, 5.41) is 3.97. The Morgan fingerprint density at radius 1 is 1.11 bits per heavy atom. The maximum atomic E-state index is 13.2. The van der Waals surface area contributed by atoms with Crippen LogP contribution in [0.15, 0.2) is 53.7 Å². The number of imidazole rings is 1. The number of nitrogens with zero attached hydrogens (tertiary/aromatic N) is 2. The minimum atomic E-state index is -0.242. The topological polar surface area (TPSA) is 46.9 Å². The van der Waals surface area contributed by atoms with Gasteiger partial charge in [0.15, 0.2) is 5.16 Å². The van der Waals surface area contributed by atoms with E-state index in [4.69, 9.17) is 4.98 Å². The first-order valence-electron chi connectivity index (χ1n) is 9.81. The van der Waals surface area contributed by atoms with Crippen molar-refractivity contribution >= 4 is 28.7 Å². The lowest BCUT2D eigenvalue weighted by atomic mass is 9.95. The smallest absolute Gasteiger partial charge is 0.230 e. The van der Waals surface area contributed by atoms with E-state index in [1.54, 1.807) is 12.1 Å². The van der Waals surface area contributed by atoms with Crippen LogP contribution >= 0.6 is 11.8 Å². The highest BCUT2D eigenvalue weighted by atomic mass is 32.2. The molecule has 0 atom stereocenters. The van der Waals surface area contributed by atoms with Crippen LogP contribution in [0.3, 0.4) is 0 Å². The first kappa shape index (κ1) is 19.0. The third kappa shape index (κ3) is 4.55. The Kier molecular flexibility index (Phi) is 5.95. The number of aromatic nitrogens is 2. The minimum Gasteiger partial charge on any atom is -0.353 e. The summed E-state index contributed by atoms with van der Waals surface area (Å²) in [5.41, 5.74) is 2.92. The van der Waals surface area contributed by atoms with E-state index >= 15 is 0 Å². The van der Waals surface area contributed by atoms with E-state index in [-0.39, 0.29) is 11.7 Å². The molecule has 1 aliphatic carbocycles. The Morgan fingerprint density at radius 3 is 2.64 bits per heavy atom. The van der Waals surface area contributed by atoms with Crippen LogP contribution in [-0.4, -0.2) is 27.3 Å². The molecule has 6 heteroatoms. The van der Waals surface area contributed by atoms with Crippen LogP contribution in [0.2, 0.25) is 0 Å². The van der Waals surface area contributed by atoms with E-state index < -0.39 is 0 Å². The Labute approximate surface area is 168 Å². The van der Waals surface area contributed by atoms with Gasteiger partial charge in [0.25, 0.3) is 0 Å². The van der Waals surface area contributed by atoms with E-state index in [1.165, 1.54) is 43.2 Å². The summed E-state index contributed by atoms with van der Waals surface area (Å²) in [6.07, 6.45) is 5.84. The fourth-order valence-electron chi connectivity index (χ4n) is 3.74. The number of carbonyl (C=O) groups excluding carboxylic acids is 1. The molecule has 4 rings (SSSR count). The molecule has 0 aliphatic heterocycles. The number of rotatable bonds is 6. The molecule has 2 aromatic carbocycles. The number of hydrogen-bond donors (Lipinski definition) is 1. The van der Waals surface area contributed by atoms with Gasteiger partial charge in [-0.05, 0) is 42.7 Å². The van der Waals surface area contributed by atoms with Gasteiger partial charge in [-0.15, -0.1) is 0 Å². The van der Waals surface area contributed by atoms with Crippen LogP contribution in [-0.2, 0) is 11.3 Å². The molecule has 1 saturated carbocycles. The first-order valence-corrected chi connectivity index (χ1v) is 10.8. The van der Waals surface area contributed by atoms with Gasteiger partial charge in [-0.2, -0.15) is 0 Å². The lowest BCUT2D eigenvalue weighted by molar-refractivity contribution is -0.119. The molecule has 4 nitrogen and oxygen atoms in total. The number of hydrogen-bond acceptors (Lipinski definition) is 3. The molecule has 1 fully saturated rings. The van der Waals surface area contributed by atoms with Crippen molar-refractivity contribution in [2.75, 3.05) is 5.75 Å². The zero-order valence-corrected chi connectivity index (χ0v) is 16.6. The van der Waals surface area contributed by atoms with Gasteiger partial charge < -0.3 is 9.88 Å². The SMILES string of the molecule is O=C(CSc1nc2ccccc2n1Cc1ccc(F)cc1)NC1CCCCC1. The van der Waals surface area contributed by atoms with E-state index in [0.717, 1.165) is 34.6 Å². The predicted molar refractivity (Wildman–Crippen MR) is 111 cm³/mol. The fraction of sp³-hybridized carbons (Fsp3) is 0.364. The standard InChI is InChI=1S/C22H24FN3OS/c23-17-12-10-16(11-13-17)14-26-20-9-5-4-8-19(20)25-22(26)28-15-21(27)24-18-6-2-1-3-7-18/h4-5,8-13,18H,1-3,6-7,14-15H2,(H,24,27). The molecule has 1 aliphatic rings. The molecule has 3 aromatic rings. The van der Waals surface area contributed by atoms with Gasteiger partial charge >= 0.3 is 0 Å². The summed E-state index contributed by atoms with van der Waals surface area (Å²) in [5.74, 6) is 0.175. The van der Waals surface area contributed by atoms with Crippen molar-refractivity contribution in [3.8, 4) is 0 Å². The number of benzene rings is 2. The molecular weight excluding hydrogens is 373 g/mol. The summed E-state index contributed by atoms with van der Waals surface area (Å²) < 4.78 is 15.3. The molecular formula is C22H24FN3OS. The lowest BCUT2D eigenvalue weighted by Crippen LogP contribution is -2.37. The molecule has 0 saturated heterocycles. The second kappa shape index (κ2) is 8.78. The molecule has 1 aromatic heterocycles. The quantitative estimate of drug-likeness (QED) is 0.610. The normalized spacial score (nSPS) is 15.0. The van der Waals surface area contributed by atoms with Crippen LogP contribution in [0.1, 0.15) is 37.7 Å². The summed E-state index contributed by atoms with van der Waals surface area (Å²) in [7, 11) is 0. The zero-order valence-electron chi connectivity index (χ0n) is 15.7. The molecule has 28 heavy (non-hydrogen) atoms. The average Bonchev–Trinajstić information content (AvgIpc) is 3.06. The van der Waals surface area contributed by atoms with Crippen LogP contribution in [0.5, 0.6) is 0 Å². The van der Waals surface area contributed by atoms with Gasteiger partial charge in [0.1, 0.15) is 5.82 Å². The van der Waals surface area contributed by atoms with Crippen LogP contribution in [0.25, 0.3) is 11.0 Å². The number of para-hydroxylation sites is 2. The van der Waals surface area contributed by atoms with Gasteiger partial charge in [0, 0.05) is 6.04 Å². The fourth-order valence-corrected chi connectivity index (χ4v) is 4.56. The van der Waals surface area contributed by atoms with Gasteiger partial charge in [-0.25, -0.2) is 9.37 Å². The van der Waals surface area contributed by atoms with Crippen molar-refractivity contribution < 1.29 is 9.18 Å². The molecule has 1 N–H and O–H groups in total. The monoisotopic (exact) mass is 397 g/mol. The summed E-state index contributed by atoms with van der Waals surface area (Å²) >= 11 is 1.46. The van der Waals surface area contributed by atoms with Crippen molar-refractivity contribution in [1.29, 1.82) is 0 Å². The average molecular weight is 398 g/mol. The largest absolute Gasteiger partial charge is 0.353 e. The summed E-state index contributed by atoms with van der Waals surface area (Å²) in [6, 6.07) is 14.8. The van der Waals surface area contributed by atoms with E-state index in [0.29, 0.717) is 18.3 Å². The number of thioether (sulfide) groups is 1. The highest BCUT2D eigenvalue weighted by molar-refractivity contribution is 7.99. The van der Waals surface area contributed by atoms with Gasteiger partial charge in [-0.3, -0.25) is 4.79 Å². The molecule has 0 unspecified atom stereocenters. The van der Waals surface area contributed by atoms with Crippen LogP contribution < -0.4 is 5.32 Å². The molecule has 1 amide bonds. The van der Waals surface area contributed by atoms with E-state index in [2.05, 4.69) is 9.88 Å². The Bertz CT molecular complexity index is 948. The molecule has 0 spiro atoms. The van der Waals surface area contributed by atoms with Crippen molar-refractivity contribution in [2.24, 2.45) is 0 Å². The Hall–Kier alpha value is -2.34. The number of halogens is 1. The van der Waals surface area contributed by atoms with Gasteiger partial charge in [-0.1, -0.05) is 55.3 Å². The van der Waals surface area contributed by atoms with Crippen LogP contribution in [0.4, 0.5) is 4.39 Å². The molecule has 0 radical (unpaired) electrons. The number of nitrogens with one attached hydrogen (secondary N) is 1. The van der Waals surface area contributed by atoms with Gasteiger partial charge in [0.05, 0.1) is 23.3 Å². The number of amides is 1. The zero-order chi connectivity index (χ0) is 19.3. The molecule has 0 bridgehead atoms. The highest BCUT2D eigenvalue weighted by Gasteiger charge is 2.17. The molecule has 1 heterocycles.